The number of cyclic esters (lactones) is 1. The van der Waals surface area contributed by atoms with Gasteiger partial charge < -0.3 is 9.47 Å². The Balaban J connectivity index is 1.88. The van der Waals surface area contributed by atoms with Gasteiger partial charge in [0.1, 0.15) is 11.5 Å². The molecule has 2 heterocycles. The van der Waals surface area contributed by atoms with Gasteiger partial charge in [0.05, 0.1) is 7.11 Å². The van der Waals surface area contributed by atoms with E-state index < -0.39 is 0 Å². The fraction of sp³-hybridized carbons (Fsp3) is 0.455. The average molecular weight is 270 g/mol. The lowest BCUT2D eigenvalue weighted by molar-refractivity contribution is 0.0490. The Morgan fingerprint density at radius 2 is 2.44 bits per heavy atom. The number of carbonyl (C=O) groups is 2. The maximum atomic E-state index is 11.3. The number of amides is 1. The SMILES string of the molecule is COC(=O)c1ccc(CCN2NCCOC2=O)s1. The summed E-state index contributed by atoms with van der Waals surface area (Å²) in [4.78, 5) is 24.2. The number of hydrazine groups is 1. The van der Waals surface area contributed by atoms with E-state index in [4.69, 9.17) is 4.74 Å². The molecule has 1 fully saturated rings. The van der Waals surface area contributed by atoms with E-state index in [1.165, 1.54) is 23.5 Å². The van der Waals surface area contributed by atoms with Crippen molar-refractivity contribution in [3.8, 4) is 0 Å². The molecule has 0 radical (unpaired) electrons. The molecule has 0 bridgehead atoms. The molecule has 1 aromatic heterocycles. The number of nitrogens with one attached hydrogen (secondary N) is 1. The minimum atomic E-state index is -0.356. The molecule has 1 aliphatic heterocycles. The van der Waals surface area contributed by atoms with E-state index in [-0.39, 0.29) is 12.1 Å². The second kappa shape index (κ2) is 5.83. The second-order valence-corrected chi connectivity index (χ2v) is 4.85. The number of methoxy groups -OCH3 is 1. The van der Waals surface area contributed by atoms with Crippen LogP contribution in [0.1, 0.15) is 14.5 Å². The third kappa shape index (κ3) is 2.99. The highest BCUT2D eigenvalue weighted by atomic mass is 32.1. The maximum Gasteiger partial charge on any atom is 0.424 e. The molecule has 0 unspecified atom stereocenters. The van der Waals surface area contributed by atoms with Gasteiger partial charge in [-0.05, 0) is 12.1 Å². The van der Waals surface area contributed by atoms with Crippen LogP contribution in [0.2, 0.25) is 0 Å². The highest BCUT2D eigenvalue weighted by Crippen LogP contribution is 2.18. The number of ether oxygens (including phenoxy) is 2. The summed E-state index contributed by atoms with van der Waals surface area (Å²) in [6, 6.07) is 3.60. The first kappa shape index (κ1) is 12.8. The van der Waals surface area contributed by atoms with Gasteiger partial charge in [0.25, 0.3) is 0 Å². The van der Waals surface area contributed by atoms with Gasteiger partial charge >= 0.3 is 12.1 Å². The predicted molar refractivity (Wildman–Crippen MR) is 65.4 cm³/mol. The summed E-state index contributed by atoms with van der Waals surface area (Å²) >= 11 is 1.37. The molecule has 7 heteroatoms. The standard InChI is InChI=1S/C11H14N2O4S/c1-16-10(14)9-3-2-8(18-9)4-6-13-11(15)17-7-5-12-13/h2-3,12H,4-7H2,1H3. The second-order valence-electron chi connectivity index (χ2n) is 3.68. The highest BCUT2D eigenvalue weighted by molar-refractivity contribution is 7.13. The molecule has 0 atom stereocenters. The average Bonchev–Trinajstić information content (AvgIpc) is 2.86. The van der Waals surface area contributed by atoms with Crippen molar-refractivity contribution in [2.24, 2.45) is 0 Å². The van der Waals surface area contributed by atoms with Gasteiger partial charge in [-0.15, -0.1) is 11.3 Å². The van der Waals surface area contributed by atoms with Crippen LogP contribution in [0.25, 0.3) is 0 Å². The van der Waals surface area contributed by atoms with E-state index in [1.807, 2.05) is 6.07 Å². The highest BCUT2D eigenvalue weighted by Gasteiger charge is 2.19. The molecule has 0 aliphatic carbocycles. The molecule has 1 amide bonds. The fourth-order valence-corrected chi connectivity index (χ4v) is 2.49. The van der Waals surface area contributed by atoms with Gasteiger partial charge in [-0.1, -0.05) is 0 Å². The topological polar surface area (TPSA) is 67.9 Å². The quantitative estimate of drug-likeness (QED) is 0.828. The molecule has 18 heavy (non-hydrogen) atoms. The normalized spacial score (nSPS) is 15.4. The molecule has 0 spiro atoms. The van der Waals surface area contributed by atoms with Crippen LogP contribution in [0.4, 0.5) is 4.79 Å². The minimum absolute atomic E-state index is 0.332. The van der Waals surface area contributed by atoms with Gasteiger partial charge in [0, 0.05) is 24.4 Å². The fourth-order valence-electron chi connectivity index (χ4n) is 1.58. The first-order valence-electron chi connectivity index (χ1n) is 5.55. The summed E-state index contributed by atoms with van der Waals surface area (Å²) < 4.78 is 9.53. The van der Waals surface area contributed by atoms with E-state index in [0.717, 1.165) is 4.88 Å². The van der Waals surface area contributed by atoms with Gasteiger partial charge in [-0.25, -0.2) is 20.0 Å². The van der Waals surface area contributed by atoms with E-state index in [9.17, 15) is 9.59 Å². The third-order valence-corrected chi connectivity index (χ3v) is 3.61. The van der Waals surface area contributed by atoms with Gasteiger partial charge in [0.2, 0.25) is 0 Å². The van der Waals surface area contributed by atoms with Crippen molar-refractivity contribution in [1.29, 1.82) is 0 Å². The van der Waals surface area contributed by atoms with Crippen molar-refractivity contribution < 1.29 is 19.1 Å². The first-order chi connectivity index (χ1) is 8.70. The Bertz CT molecular complexity index is 446. The van der Waals surface area contributed by atoms with Crippen molar-refractivity contribution in [2.45, 2.75) is 6.42 Å². The monoisotopic (exact) mass is 270 g/mol. The summed E-state index contributed by atoms with van der Waals surface area (Å²) in [5, 5.41) is 1.45. The Morgan fingerprint density at radius 3 is 3.17 bits per heavy atom. The van der Waals surface area contributed by atoms with Crippen molar-refractivity contribution in [1.82, 2.24) is 10.4 Å². The molecule has 1 N–H and O–H groups in total. The van der Waals surface area contributed by atoms with E-state index in [0.29, 0.717) is 31.0 Å². The Morgan fingerprint density at radius 1 is 1.61 bits per heavy atom. The zero-order chi connectivity index (χ0) is 13.0. The third-order valence-electron chi connectivity index (χ3n) is 2.48. The lowest BCUT2D eigenvalue weighted by Gasteiger charge is -2.26. The summed E-state index contributed by atoms with van der Waals surface area (Å²) in [6.45, 7) is 1.55. The number of hydrogen-bond donors (Lipinski definition) is 1. The molecule has 1 aliphatic rings. The first-order valence-corrected chi connectivity index (χ1v) is 6.37. The molecule has 2 rings (SSSR count). The zero-order valence-electron chi connectivity index (χ0n) is 9.97. The maximum absolute atomic E-state index is 11.3. The largest absolute Gasteiger partial charge is 0.465 e. The van der Waals surface area contributed by atoms with Crippen LogP contribution in [-0.2, 0) is 15.9 Å². The Labute approximate surface area is 108 Å². The Kier molecular flexibility index (Phi) is 4.16. The van der Waals surface area contributed by atoms with Crippen LogP contribution in [-0.4, -0.2) is 43.9 Å². The number of hydrogen-bond acceptors (Lipinski definition) is 6. The molecule has 98 valence electrons. The summed E-state index contributed by atoms with van der Waals surface area (Å²) in [6.07, 6.45) is 0.315. The van der Waals surface area contributed by atoms with Crippen molar-refractivity contribution in [3.05, 3.63) is 21.9 Å². The number of esters is 1. The van der Waals surface area contributed by atoms with Crippen molar-refractivity contribution >= 4 is 23.4 Å². The van der Waals surface area contributed by atoms with Crippen LogP contribution in [0, 0.1) is 0 Å². The van der Waals surface area contributed by atoms with E-state index in [1.54, 1.807) is 6.07 Å². The molecule has 0 saturated carbocycles. The van der Waals surface area contributed by atoms with E-state index >= 15 is 0 Å². The van der Waals surface area contributed by atoms with Crippen molar-refractivity contribution in [2.75, 3.05) is 26.8 Å². The Hall–Kier alpha value is -1.60. The molecule has 1 saturated heterocycles. The smallest absolute Gasteiger partial charge is 0.424 e. The van der Waals surface area contributed by atoms with Gasteiger partial charge in [-0.3, -0.25) is 0 Å². The summed E-state index contributed by atoms with van der Waals surface area (Å²) in [5.74, 6) is -0.332. The van der Waals surface area contributed by atoms with Gasteiger partial charge in [-0.2, -0.15) is 0 Å². The zero-order valence-corrected chi connectivity index (χ0v) is 10.8. The molecule has 1 aromatic rings. The van der Waals surface area contributed by atoms with Gasteiger partial charge in [0.15, 0.2) is 0 Å². The van der Waals surface area contributed by atoms with E-state index in [2.05, 4.69) is 10.2 Å². The van der Waals surface area contributed by atoms with Crippen LogP contribution in [0.3, 0.4) is 0 Å². The number of carbonyl (C=O) groups excluding carboxylic acids is 2. The lowest BCUT2D eigenvalue weighted by Crippen LogP contribution is -2.50. The lowest BCUT2D eigenvalue weighted by atomic mass is 10.3. The molecule has 0 aromatic carbocycles. The molecular weight excluding hydrogens is 256 g/mol. The van der Waals surface area contributed by atoms with Crippen LogP contribution >= 0.6 is 11.3 Å². The van der Waals surface area contributed by atoms with Crippen molar-refractivity contribution in [3.63, 3.8) is 0 Å². The van der Waals surface area contributed by atoms with Crippen LogP contribution < -0.4 is 5.43 Å². The summed E-state index contributed by atoms with van der Waals surface area (Å²) in [7, 11) is 1.36. The number of nitrogens with zero attached hydrogens (tertiary/aromatic N) is 1. The summed E-state index contributed by atoms with van der Waals surface area (Å²) in [5.41, 5.74) is 2.95. The molecule has 6 nitrogen and oxygen atoms in total. The van der Waals surface area contributed by atoms with Crippen LogP contribution in [0.15, 0.2) is 12.1 Å². The van der Waals surface area contributed by atoms with Crippen LogP contribution in [0.5, 0.6) is 0 Å². The molecular formula is C11H14N2O4S. The number of rotatable bonds is 4. The predicted octanol–water partition coefficient (Wildman–Crippen LogP) is 1.03. The minimum Gasteiger partial charge on any atom is -0.465 e. The number of thiophene rings is 1.